The first-order valence-electron chi connectivity index (χ1n) is 14.5. The van der Waals surface area contributed by atoms with Crippen LogP contribution < -0.4 is 0 Å². The summed E-state index contributed by atoms with van der Waals surface area (Å²) in [6.45, 7) is 12.6. The maximum absolute atomic E-state index is 14.4. The van der Waals surface area contributed by atoms with E-state index in [1.165, 1.54) is 19.9 Å². The molecule has 41 heavy (non-hydrogen) atoms. The minimum absolute atomic E-state index is 0.0365. The maximum Gasteiger partial charge on any atom is 0.303 e. The highest BCUT2D eigenvalue weighted by Crippen LogP contribution is 2.74. The van der Waals surface area contributed by atoms with Gasteiger partial charge in [-0.3, -0.25) is 19.2 Å². The Kier molecular flexibility index (Phi) is 7.47. The normalized spacial score (nSPS) is 41.7. The van der Waals surface area contributed by atoms with Gasteiger partial charge in [0.15, 0.2) is 11.6 Å². The lowest BCUT2D eigenvalue weighted by molar-refractivity contribution is -0.192. The molecule has 4 rings (SSSR count). The second kappa shape index (κ2) is 9.66. The first-order valence-corrected chi connectivity index (χ1v) is 14.5. The van der Waals surface area contributed by atoms with E-state index in [1.54, 1.807) is 27.7 Å². The predicted molar refractivity (Wildman–Crippen MR) is 149 cm³/mol. The number of carbonyl (C=O) groups is 4. The minimum atomic E-state index is -2.06. The first-order chi connectivity index (χ1) is 18.6. The molecule has 228 valence electrons. The van der Waals surface area contributed by atoms with Crippen LogP contribution in [0.3, 0.4) is 0 Å². The average molecular weight is 575 g/mol. The number of Topliss-reactive ketones (excluding diaryl/α,β-unsaturated/α-hetero) is 2. The zero-order valence-corrected chi connectivity index (χ0v) is 25.5. The van der Waals surface area contributed by atoms with Crippen molar-refractivity contribution in [2.45, 2.75) is 104 Å². The molecular weight excluding hydrogens is 528 g/mol. The highest BCUT2D eigenvalue weighted by atomic mass is 16.6. The molecule has 9 heteroatoms. The maximum atomic E-state index is 14.4. The number of aliphatic hydroxyl groups is 4. The van der Waals surface area contributed by atoms with Crippen LogP contribution in [0.15, 0.2) is 23.8 Å². The second-order valence-corrected chi connectivity index (χ2v) is 14.7. The summed E-state index contributed by atoms with van der Waals surface area (Å²) in [6, 6.07) is 0. The molecule has 3 saturated carbocycles. The number of ketones is 3. The topological polar surface area (TPSA) is 158 Å². The van der Waals surface area contributed by atoms with Crippen molar-refractivity contribution in [3.63, 3.8) is 0 Å². The molecule has 0 heterocycles. The molecule has 9 atom stereocenters. The Morgan fingerprint density at radius 3 is 2.27 bits per heavy atom. The summed E-state index contributed by atoms with van der Waals surface area (Å²) >= 11 is 0. The van der Waals surface area contributed by atoms with Crippen LogP contribution in [0.1, 0.15) is 81.1 Å². The number of allylic oxidation sites excluding steroid dienone is 2. The van der Waals surface area contributed by atoms with E-state index in [4.69, 9.17) is 4.74 Å². The van der Waals surface area contributed by atoms with Gasteiger partial charge in [-0.2, -0.15) is 0 Å². The summed E-state index contributed by atoms with van der Waals surface area (Å²) in [5, 5.41) is 45.0. The first kappa shape index (κ1) is 31.7. The van der Waals surface area contributed by atoms with Crippen molar-refractivity contribution in [1.82, 2.24) is 0 Å². The van der Waals surface area contributed by atoms with Gasteiger partial charge in [-0.25, -0.2) is 0 Å². The summed E-state index contributed by atoms with van der Waals surface area (Å²) in [5.41, 5.74) is -6.45. The van der Waals surface area contributed by atoms with Crippen LogP contribution in [0.4, 0.5) is 0 Å². The van der Waals surface area contributed by atoms with Gasteiger partial charge in [0.25, 0.3) is 0 Å². The van der Waals surface area contributed by atoms with E-state index >= 15 is 0 Å². The van der Waals surface area contributed by atoms with Crippen LogP contribution in [-0.2, 0) is 23.9 Å². The summed E-state index contributed by atoms with van der Waals surface area (Å²) in [5.74, 6) is -3.76. The lowest BCUT2D eigenvalue weighted by atomic mass is 9.38. The van der Waals surface area contributed by atoms with Gasteiger partial charge in [0.05, 0.1) is 18.1 Å². The fraction of sp³-hybridized carbons (Fsp3) is 0.750. The third-order valence-electron chi connectivity index (χ3n) is 11.5. The van der Waals surface area contributed by atoms with Crippen LogP contribution in [-0.4, -0.2) is 73.8 Å². The number of carbonyl (C=O) groups excluding carboxylic acids is 4. The van der Waals surface area contributed by atoms with Gasteiger partial charge < -0.3 is 25.2 Å². The number of esters is 1. The smallest absolute Gasteiger partial charge is 0.303 e. The van der Waals surface area contributed by atoms with Crippen LogP contribution in [0.25, 0.3) is 0 Å². The lowest BCUT2D eigenvalue weighted by Gasteiger charge is -2.64. The van der Waals surface area contributed by atoms with E-state index in [0.717, 1.165) is 11.6 Å². The molecule has 0 bridgehead atoms. The minimum Gasteiger partial charge on any atom is -0.456 e. The Morgan fingerprint density at radius 1 is 1.10 bits per heavy atom. The van der Waals surface area contributed by atoms with Crippen molar-refractivity contribution in [2.75, 3.05) is 6.61 Å². The molecule has 4 aliphatic carbocycles. The van der Waals surface area contributed by atoms with E-state index in [-0.39, 0.29) is 30.8 Å². The molecule has 0 radical (unpaired) electrons. The quantitative estimate of drug-likeness (QED) is 0.212. The molecule has 4 aliphatic rings. The number of aliphatic hydroxyl groups excluding tert-OH is 3. The number of hydrogen-bond acceptors (Lipinski definition) is 9. The molecule has 3 fully saturated rings. The Labute approximate surface area is 242 Å². The molecular formula is C32H46O9. The van der Waals surface area contributed by atoms with E-state index in [0.29, 0.717) is 6.42 Å². The summed E-state index contributed by atoms with van der Waals surface area (Å²) in [6.07, 6.45) is 2.66. The van der Waals surface area contributed by atoms with Gasteiger partial charge in [-0.15, -0.1) is 0 Å². The Hall–Kier alpha value is -2.20. The molecule has 0 aliphatic heterocycles. The van der Waals surface area contributed by atoms with Crippen molar-refractivity contribution in [1.29, 1.82) is 0 Å². The van der Waals surface area contributed by atoms with Crippen molar-refractivity contribution in [2.24, 2.45) is 39.4 Å². The number of fused-ring (bicyclic) bond motifs is 5. The van der Waals surface area contributed by atoms with E-state index in [2.05, 4.69) is 0 Å². The molecule has 4 N–H and O–H groups in total. The van der Waals surface area contributed by atoms with Gasteiger partial charge in [-0.05, 0) is 88.7 Å². The lowest BCUT2D eigenvalue weighted by Crippen LogP contribution is -2.67. The molecule has 0 amide bonds. The van der Waals surface area contributed by atoms with Gasteiger partial charge >= 0.3 is 5.97 Å². The highest BCUT2D eigenvalue weighted by molar-refractivity contribution is 5.98. The fourth-order valence-corrected chi connectivity index (χ4v) is 9.47. The summed E-state index contributed by atoms with van der Waals surface area (Å²) in [4.78, 5) is 52.2. The van der Waals surface area contributed by atoms with Crippen molar-refractivity contribution >= 4 is 23.3 Å². The van der Waals surface area contributed by atoms with Gasteiger partial charge in [0.1, 0.15) is 23.1 Å². The molecule has 9 unspecified atom stereocenters. The van der Waals surface area contributed by atoms with E-state index in [1.807, 2.05) is 19.9 Å². The third-order valence-corrected chi connectivity index (χ3v) is 11.5. The molecule has 0 saturated heterocycles. The zero-order valence-electron chi connectivity index (χ0n) is 25.5. The SMILES string of the molecule is CC(=O)OC(C)(C)C=CC(=O)C(C)(O)C1C(O)CC2(C)C3CC=C4C(CC(O)C(=O)C4(C)C)C3(CO)C(=O)CC12C. The number of hydrogen-bond donors (Lipinski definition) is 4. The van der Waals surface area contributed by atoms with Crippen LogP contribution in [0, 0.1) is 39.4 Å². The van der Waals surface area contributed by atoms with Crippen molar-refractivity contribution in [3.8, 4) is 0 Å². The standard InChI is InChI=1S/C32H46O9/c1-17(34)41-27(2,3)12-11-23(37)31(8,40)25-21(36)14-29(6)22-10-9-18-19(13-20(35)26(39)28(18,4)5)32(22,16-33)24(38)15-30(25,29)7/h9,11-12,19-22,25,33,35-36,40H,10,13-16H2,1-8H3. The highest BCUT2D eigenvalue weighted by Gasteiger charge is 2.75. The molecule has 0 aromatic carbocycles. The molecule has 0 aromatic heterocycles. The zero-order chi connectivity index (χ0) is 31.1. The molecule has 9 nitrogen and oxygen atoms in total. The second-order valence-electron chi connectivity index (χ2n) is 14.7. The molecule has 0 spiro atoms. The summed E-state index contributed by atoms with van der Waals surface area (Å²) in [7, 11) is 0. The monoisotopic (exact) mass is 574 g/mol. The fourth-order valence-electron chi connectivity index (χ4n) is 9.47. The predicted octanol–water partition coefficient (Wildman–Crippen LogP) is 2.47. The Bertz CT molecular complexity index is 1230. The average Bonchev–Trinajstić information content (AvgIpc) is 3.05. The van der Waals surface area contributed by atoms with E-state index < -0.39 is 81.2 Å². The Morgan fingerprint density at radius 2 is 1.71 bits per heavy atom. The van der Waals surface area contributed by atoms with Crippen molar-refractivity contribution in [3.05, 3.63) is 23.8 Å². The molecule has 0 aromatic rings. The number of rotatable bonds is 6. The van der Waals surface area contributed by atoms with E-state index in [9.17, 15) is 39.6 Å². The Balaban J connectivity index is 1.78. The summed E-state index contributed by atoms with van der Waals surface area (Å²) < 4.78 is 5.22. The largest absolute Gasteiger partial charge is 0.456 e. The van der Waals surface area contributed by atoms with Crippen LogP contribution in [0.5, 0.6) is 0 Å². The number of ether oxygens (including phenoxy) is 1. The van der Waals surface area contributed by atoms with Crippen LogP contribution in [0.2, 0.25) is 0 Å². The third kappa shape index (κ3) is 4.33. The van der Waals surface area contributed by atoms with Gasteiger partial charge in [-0.1, -0.05) is 25.5 Å². The van der Waals surface area contributed by atoms with Gasteiger partial charge in [0, 0.05) is 24.7 Å². The van der Waals surface area contributed by atoms with Crippen molar-refractivity contribution < 1.29 is 44.3 Å². The van der Waals surface area contributed by atoms with Gasteiger partial charge in [0.2, 0.25) is 0 Å². The van der Waals surface area contributed by atoms with Crippen LogP contribution >= 0.6 is 0 Å².